The van der Waals surface area contributed by atoms with Gasteiger partial charge in [0.15, 0.2) is 0 Å². The van der Waals surface area contributed by atoms with Crippen molar-refractivity contribution in [1.29, 1.82) is 0 Å². The van der Waals surface area contributed by atoms with E-state index in [9.17, 15) is 0 Å². The number of carbonyl (C=O) groups excluding carboxylic acids is 3. The van der Waals surface area contributed by atoms with Gasteiger partial charge in [0.25, 0.3) is 0 Å². The Hall–Kier alpha value is -1.77. The summed E-state index contributed by atoms with van der Waals surface area (Å²) >= 11 is 0. The zero-order chi connectivity index (χ0) is 21.5. The standard InChI is InChI=1S/6CH2O3.3Sc/c6*2-1(3)4;;;/h6*(H2,2,3,4);;;/q;;;;;;3*+3/p-9. The summed E-state index contributed by atoms with van der Waals surface area (Å²) in [6.45, 7) is 0. The Balaban J connectivity index is -0.0000000201. The zero-order valence-electron chi connectivity index (χ0n) is 12.2. The summed E-state index contributed by atoms with van der Waals surface area (Å²) in [6, 6.07) is 0. The minimum absolute atomic E-state index is 0. The molecule has 0 aromatic carbocycles. The Morgan fingerprint density at radius 2 is 0.370 bits per heavy atom. The maximum atomic E-state index is 8.44. The molecule has 0 spiro atoms. The van der Waals surface area contributed by atoms with E-state index in [1.807, 2.05) is 0 Å². The van der Waals surface area contributed by atoms with Crippen molar-refractivity contribution in [3.8, 4) is 0 Å². The van der Waals surface area contributed by atoms with Crippen LogP contribution in [0.1, 0.15) is 0 Å². The van der Waals surface area contributed by atoms with Crippen LogP contribution in [-0.2, 0) is 77.5 Å². The summed E-state index contributed by atoms with van der Waals surface area (Å²) in [5.74, 6) is 0. The van der Waals surface area contributed by atoms with Crippen LogP contribution in [0.25, 0.3) is 0 Å². The minimum Gasteiger partial charge on any atom is -0.652 e. The fraction of sp³-hybridized carbons (Fsp3) is 0. The fourth-order valence-electron chi connectivity index (χ4n) is 0. The van der Waals surface area contributed by atoms with E-state index in [1.54, 1.807) is 0 Å². The van der Waals surface area contributed by atoms with Crippen LogP contribution in [0.15, 0.2) is 0 Å². The minimum atomic E-state index is -2.33. The third-order valence-corrected chi connectivity index (χ3v) is 0. The van der Waals surface area contributed by atoms with E-state index in [0.717, 1.165) is 0 Å². The predicted octanol–water partition coefficient (Wildman–Crippen LogP) is -10.7. The predicted molar refractivity (Wildman–Crippen MR) is 40.3 cm³/mol. The van der Waals surface area contributed by atoms with Gasteiger partial charge < -0.3 is 90.0 Å². The van der Waals surface area contributed by atoms with Crippen molar-refractivity contribution >= 4 is 36.9 Å². The average Bonchev–Trinajstić information content (AvgIpc) is 2.08. The Morgan fingerprint density at radius 1 is 0.370 bits per heavy atom. The van der Waals surface area contributed by atoms with Crippen molar-refractivity contribution < 1.29 is 168 Å². The summed E-state index contributed by atoms with van der Waals surface area (Å²) in [7, 11) is 0. The summed E-state index contributed by atoms with van der Waals surface area (Å²) in [6.07, 6.45) is -13.2. The quantitative estimate of drug-likeness (QED) is 0.279. The fourth-order valence-corrected chi connectivity index (χ4v) is 0. The van der Waals surface area contributed by atoms with Crippen LogP contribution in [0.3, 0.4) is 0 Å². The van der Waals surface area contributed by atoms with Crippen molar-refractivity contribution in [2.24, 2.45) is 0 Å². The van der Waals surface area contributed by atoms with E-state index >= 15 is 0 Å². The van der Waals surface area contributed by atoms with E-state index in [4.69, 9.17) is 90.0 Å². The molecule has 0 aromatic rings. The van der Waals surface area contributed by atoms with Crippen LogP contribution in [0.4, 0.5) is 28.8 Å². The third-order valence-electron chi connectivity index (χ3n) is 0. The van der Waals surface area contributed by atoms with Gasteiger partial charge in [0.05, 0.1) is 0 Å². The van der Waals surface area contributed by atoms with Crippen LogP contribution in [0, 0.1) is 0 Å². The van der Waals surface area contributed by atoms with Crippen molar-refractivity contribution in [3.05, 3.63) is 0 Å². The second-order valence-corrected chi connectivity index (χ2v) is 1.55. The molecule has 144 valence electrons. The van der Waals surface area contributed by atoms with Crippen molar-refractivity contribution in [2.45, 2.75) is 0 Å². The van der Waals surface area contributed by atoms with Crippen molar-refractivity contribution in [1.82, 2.24) is 0 Å². The number of hydrogen-bond acceptors (Lipinski definition) is 15. The first kappa shape index (κ1) is 56.2. The Morgan fingerprint density at radius 3 is 0.370 bits per heavy atom. The van der Waals surface area contributed by atoms with Gasteiger partial charge in [-0.2, -0.15) is 0 Å². The van der Waals surface area contributed by atoms with Gasteiger partial charge in [-0.1, -0.05) is 0 Å². The molecule has 0 rings (SSSR count). The first-order chi connectivity index (χ1) is 10.4. The van der Waals surface area contributed by atoms with E-state index in [1.165, 1.54) is 0 Å². The molecule has 0 aliphatic heterocycles. The monoisotopic (exact) mass is 498 g/mol. The van der Waals surface area contributed by atoms with Gasteiger partial charge in [-0.05, 0) is 18.5 Å². The van der Waals surface area contributed by atoms with Gasteiger partial charge in [0.1, 0.15) is 0 Å². The molecule has 18 nitrogen and oxygen atoms in total. The molecular weight excluding hydrogens is 495 g/mol. The number of hydrogen-bond donors (Lipinski definition) is 3. The molecule has 0 fully saturated rings. The van der Waals surface area contributed by atoms with Gasteiger partial charge in [-0.3, -0.25) is 0 Å². The second-order valence-electron chi connectivity index (χ2n) is 1.55. The maximum absolute atomic E-state index is 8.44. The Labute approximate surface area is 203 Å². The Kier molecular flexibility index (Phi) is 103. The van der Waals surface area contributed by atoms with Gasteiger partial charge in [0.2, 0.25) is 18.5 Å². The van der Waals surface area contributed by atoms with Crippen LogP contribution in [-0.4, -0.2) is 52.3 Å². The molecule has 0 unspecified atom stereocenters. The van der Waals surface area contributed by atoms with Crippen LogP contribution < -0.4 is 46.0 Å². The topological polar surface area (TPSA) is 371 Å². The zero-order valence-corrected chi connectivity index (χ0v) is 17.6. The second kappa shape index (κ2) is 49.6. The first-order valence-electron chi connectivity index (χ1n) is 3.73. The Bertz CT molecular complexity index is 264. The smallest absolute Gasteiger partial charge is 0.652 e. The molecule has 0 aliphatic rings. The molecule has 0 atom stereocenters. The molecule has 27 heavy (non-hydrogen) atoms. The van der Waals surface area contributed by atoms with E-state index < -0.39 is 36.9 Å². The molecule has 21 heteroatoms. The van der Waals surface area contributed by atoms with Crippen LogP contribution in [0.2, 0.25) is 0 Å². The van der Waals surface area contributed by atoms with Gasteiger partial charge >= 0.3 is 77.5 Å². The molecule has 0 saturated heterocycles. The van der Waals surface area contributed by atoms with Gasteiger partial charge in [0, 0.05) is 0 Å². The number of rotatable bonds is 0. The van der Waals surface area contributed by atoms with Crippen molar-refractivity contribution in [2.75, 3.05) is 0 Å². The summed E-state index contributed by atoms with van der Waals surface area (Å²) in [5.41, 5.74) is 0. The molecule has 0 heterocycles. The molecule has 3 N–H and O–H groups in total. The third kappa shape index (κ3) is 3820. The van der Waals surface area contributed by atoms with Crippen molar-refractivity contribution in [3.63, 3.8) is 0 Å². The van der Waals surface area contributed by atoms with E-state index in [0.29, 0.717) is 0 Å². The summed E-state index contributed by atoms with van der Waals surface area (Å²) in [4.78, 5) is 50.3. The average molecular weight is 498 g/mol. The molecule has 0 aromatic heterocycles. The van der Waals surface area contributed by atoms with Crippen LogP contribution in [0.5, 0.6) is 0 Å². The maximum Gasteiger partial charge on any atom is 3.00 e. The largest absolute Gasteiger partial charge is 3.00 e. The summed E-state index contributed by atoms with van der Waals surface area (Å²) < 4.78 is 0. The molecule has 0 aliphatic carbocycles. The molecule has 0 saturated carbocycles. The number of carbonyl (C=O) groups is 6. The number of carboxylic acid groups (broad SMARTS) is 12. The van der Waals surface area contributed by atoms with E-state index in [-0.39, 0.29) is 77.5 Å². The first-order valence-corrected chi connectivity index (χ1v) is 3.73. The van der Waals surface area contributed by atoms with Gasteiger partial charge in [-0.25, -0.2) is 0 Å². The molecule has 0 bridgehead atoms. The van der Waals surface area contributed by atoms with Crippen LogP contribution >= 0.6 is 0 Å². The molecule has 0 radical (unpaired) electrons. The van der Waals surface area contributed by atoms with Gasteiger partial charge in [-0.15, -0.1) is 0 Å². The molecule has 0 amide bonds. The molecular formula is C6H3O18Sc3. The van der Waals surface area contributed by atoms with E-state index in [2.05, 4.69) is 0 Å². The summed E-state index contributed by atoms with van der Waals surface area (Å²) in [5, 5.41) is 95.9. The SMILES string of the molecule is O=C([O-])O.O=C([O-])O.O=C([O-])O.O=C([O-])[O-].O=C([O-])[O-].O=C([O-])[O-].[Sc+3].[Sc+3].[Sc+3]. The normalized spacial score (nSPS) is 5.33.